The number of aromatic amines is 1. The number of H-pyrrole nitrogens is 1. The zero-order chi connectivity index (χ0) is 11.4. The SMILES string of the molecule is CCCc1nc(C(=O)N[C@H]2CCNC2)n[nH]1. The summed E-state index contributed by atoms with van der Waals surface area (Å²) < 4.78 is 0. The lowest BCUT2D eigenvalue weighted by Gasteiger charge is -2.08. The molecule has 1 aliphatic heterocycles. The van der Waals surface area contributed by atoms with Gasteiger partial charge in [0.05, 0.1) is 0 Å². The maximum absolute atomic E-state index is 11.7. The van der Waals surface area contributed by atoms with Gasteiger partial charge in [-0.15, -0.1) is 5.10 Å². The van der Waals surface area contributed by atoms with E-state index in [1.807, 2.05) is 0 Å². The molecular formula is C10H17N5O. The van der Waals surface area contributed by atoms with E-state index >= 15 is 0 Å². The zero-order valence-corrected chi connectivity index (χ0v) is 9.42. The number of hydrogen-bond acceptors (Lipinski definition) is 4. The van der Waals surface area contributed by atoms with E-state index in [0.717, 1.165) is 38.2 Å². The highest BCUT2D eigenvalue weighted by Crippen LogP contribution is 2.00. The van der Waals surface area contributed by atoms with Crippen LogP contribution in [-0.4, -0.2) is 40.2 Å². The van der Waals surface area contributed by atoms with E-state index in [9.17, 15) is 4.79 Å². The highest BCUT2D eigenvalue weighted by Gasteiger charge is 2.19. The number of aryl methyl sites for hydroxylation is 1. The van der Waals surface area contributed by atoms with Crippen LogP contribution < -0.4 is 10.6 Å². The minimum absolute atomic E-state index is 0.188. The minimum Gasteiger partial charge on any atom is -0.345 e. The van der Waals surface area contributed by atoms with Gasteiger partial charge in [-0.1, -0.05) is 6.92 Å². The average Bonchev–Trinajstić information content (AvgIpc) is 2.89. The number of amides is 1. The van der Waals surface area contributed by atoms with E-state index in [-0.39, 0.29) is 17.8 Å². The number of nitrogens with zero attached hydrogens (tertiary/aromatic N) is 2. The molecule has 0 unspecified atom stereocenters. The number of hydrogen-bond donors (Lipinski definition) is 3. The Labute approximate surface area is 94.2 Å². The van der Waals surface area contributed by atoms with Crippen LogP contribution in [0.2, 0.25) is 0 Å². The highest BCUT2D eigenvalue weighted by molar-refractivity contribution is 5.90. The molecule has 0 radical (unpaired) electrons. The van der Waals surface area contributed by atoms with Crippen molar-refractivity contribution in [2.24, 2.45) is 0 Å². The van der Waals surface area contributed by atoms with E-state index in [1.165, 1.54) is 0 Å². The first-order valence-corrected chi connectivity index (χ1v) is 5.72. The van der Waals surface area contributed by atoms with Gasteiger partial charge in [-0.25, -0.2) is 4.98 Å². The van der Waals surface area contributed by atoms with Crippen LogP contribution in [0, 0.1) is 0 Å². The van der Waals surface area contributed by atoms with Crippen LogP contribution in [0.1, 0.15) is 36.2 Å². The van der Waals surface area contributed by atoms with Gasteiger partial charge in [-0.2, -0.15) is 0 Å². The molecule has 2 heterocycles. The molecule has 1 aliphatic rings. The third kappa shape index (κ3) is 2.57. The molecule has 6 nitrogen and oxygen atoms in total. The fourth-order valence-corrected chi connectivity index (χ4v) is 1.77. The third-order valence-electron chi connectivity index (χ3n) is 2.62. The van der Waals surface area contributed by atoms with Crippen LogP contribution in [0.25, 0.3) is 0 Å². The second-order valence-electron chi connectivity index (χ2n) is 4.02. The zero-order valence-electron chi connectivity index (χ0n) is 9.42. The van der Waals surface area contributed by atoms with Crippen LogP contribution in [0.15, 0.2) is 0 Å². The Bertz CT molecular complexity index is 356. The molecule has 0 aromatic carbocycles. The van der Waals surface area contributed by atoms with Crippen LogP contribution in [0.4, 0.5) is 0 Å². The lowest BCUT2D eigenvalue weighted by Crippen LogP contribution is -2.36. The average molecular weight is 223 g/mol. The Morgan fingerprint density at radius 2 is 2.50 bits per heavy atom. The smallest absolute Gasteiger partial charge is 0.291 e. The largest absolute Gasteiger partial charge is 0.345 e. The van der Waals surface area contributed by atoms with E-state index in [1.54, 1.807) is 0 Å². The number of rotatable bonds is 4. The highest BCUT2D eigenvalue weighted by atomic mass is 16.2. The van der Waals surface area contributed by atoms with Gasteiger partial charge >= 0.3 is 0 Å². The molecule has 1 saturated heterocycles. The Morgan fingerprint density at radius 3 is 3.19 bits per heavy atom. The van der Waals surface area contributed by atoms with E-state index in [0.29, 0.717) is 0 Å². The fraction of sp³-hybridized carbons (Fsp3) is 0.700. The first-order chi connectivity index (χ1) is 7.79. The van der Waals surface area contributed by atoms with Crippen LogP contribution in [-0.2, 0) is 6.42 Å². The summed E-state index contributed by atoms with van der Waals surface area (Å²) in [5, 5.41) is 12.8. The topological polar surface area (TPSA) is 82.7 Å². The Morgan fingerprint density at radius 1 is 1.62 bits per heavy atom. The Kier molecular flexibility index (Phi) is 3.51. The first-order valence-electron chi connectivity index (χ1n) is 5.72. The molecule has 1 atom stereocenters. The van der Waals surface area contributed by atoms with E-state index < -0.39 is 0 Å². The molecule has 0 spiro atoms. The summed E-state index contributed by atoms with van der Waals surface area (Å²) in [6.45, 7) is 3.85. The summed E-state index contributed by atoms with van der Waals surface area (Å²) >= 11 is 0. The van der Waals surface area contributed by atoms with E-state index in [2.05, 4.69) is 32.7 Å². The maximum atomic E-state index is 11.7. The molecule has 0 aliphatic carbocycles. The van der Waals surface area contributed by atoms with Crippen LogP contribution >= 0.6 is 0 Å². The van der Waals surface area contributed by atoms with Crippen molar-refractivity contribution in [1.29, 1.82) is 0 Å². The van der Waals surface area contributed by atoms with Gasteiger partial charge in [0.2, 0.25) is 5.82 Å². The molecule has 1 aromatic heterocycles. The lowest BCUT2D eigenvalue weighted by molar-refractivity contribution is 0.0930. The normalized spacial score (nSPS) is 19.9. The van der Waals surface area contributed by atoms with Crippen molar-refractivity contribution < 1.29 is 4.79 Å². The predicted molar refractivity (Wildman–Crippen MR) is 59.1 cm³/mol. The maximum Gasteiger partial charge on any atom is 0.291 e. The molecule has 1 amide bonds. The summed E-state index contributed by atoms with van der Waals surface area (Å²) in [4.78, 5) is 15.9. The minimum atomic E-state index is -0.188. The second kappa shape index (κ2) is 5.07. The number of nitrogens with one attached hydrogen (secondary N) is 3. The molecule has 1 aromatic rings. The summed E-state index contributed by atoms with van der Waals surface area (Å²) in [6, 6.07) is 0.209. The Balaban J connectivity index is 1.91. The molecular weight excluding hydrogens is 206 g/mol. The van der Waals surface area contributed by atoms with Gasteiger partial charge < -0.3 is 10.6 Å². The lowest BCUT2D eigenvalue weighted by atomic mass is 10.2. The summed E-state index contributed by atoms with van der Waals surface area (Å²) in [7, 11) is 0. The van der Waals surface area contributed by atoms with Gasteiger partial charge in [-0.05, 0) is 19.4 Å². The van der Waals surface area contributed by atoms with Crippen LogP contribution in [0.3, 0.4) is 0 Å². The van der Waals surface area contributed by atoms with Gasteiger partial charge in [-0.3, -0.25) is 9.89 Å². The number of aromatic nitrogens is 3. The van der Waals surface area contributed by atoms with Crippen molar-refractivity contribution in [3.63, 3.8) is 0 Å². The monoisotopic (exact) mass is 223 g/mol. The van der Waals surface area contributed by atoms with Crippen molar-refractivity contribution in [3.05, 3.63) is 11.6 Å². The van der Waals surface area contributed by atoms with Crippen molar-refractivity contribution >= 4 is 5.91 Å². The molecule has 3 N–H and O–H groups in total. The van der Waals surface area contributed by atoms with Gasteiger partial charge in [0.15, 0.2) is 0 Å². The molecule has 0 saturated carbocycles. The molecule has 1 fully saturated rings. The van der Waals surface area contributed by atoms with Gasteiger partial charge in [0, 0.05) is 19.0 Å². The van der Waals surface area contributed by atoms with Crippen molar-refractivity contribution in [3.8, 4) is 0 Å². The first kappa shape index (κ1) is 11.1. The second-order valence-corrected chi connectivity index (χ2v) is 4.02. The van der Waals surface area contributed by atoms with Crippen LogP contribution in [0.5, 0.6) is 0 Å². The molecule has 16 heavy (non-hydrogen) atoms. The molecule has 0 bridgehead atoms. The third-order valence-corrected chi connectivity index (χ3v) is 2.62. The van der Waals surface area contributed by atoms with E-state index in [4.69, 9.17) is 0 Å². The molecule has 2 rings (SSSR count). The van der Waals surface area contributed by atoms with Gasteiger partial charge in [0.1, 0.15) is 5.82 Å². The molecule has 88 valence electrons. The summed E-state index contributed by atoms with van der Waals surface area (Å²) in [5.41, 5.74) is 0. The standard InChI is InChI=1S/C10H17N5O/c1-2-3-8-13-9(15-14-8)10(16)12-7-4-5-11-6-7/h7,11H,2-6H2,1H3,(H,12,16)(H,13,14,15)/t7-/m0/s1. The van der Waals surface area contributed by atoms with Crippen molar-refractivity contribution in [2.45, 2.75) is 32.2 Å². The quantitative estimate of drug-likeness (QED) is 0.663. The van der Waals surface area contributed by atoms with Crippen molar-refractivity contribution in [2.75, 3.05) is 13.1 Å². The number of carbonyl (C=O) groups is 1. The van der Waals surface area contributed by atoms with Gasteiger partial charge in [0.25, 0.3) is 5.91 Å². The summed E-state index contributed by atoms with van der Waals surface area (Å²) in [6.07, 6.45) is 2.78. The number of carbonyl (C=O) groups excluding carboxylic acids is 1. The predicted octanol–water partition coefficient (Wildman–Crippen LogP) is -0.151. The molecule has 6 heteroatoms. The fourth-order valence-electron chi connectivity index (χ4n) is 1.77. The van der Waals surface area contributed by atoms with Crippen molar-refractivity contribution in [1.82, 2.24) is 25.8 Å². The summed E-state index contributed by atoms with van der Waals surface area (Å²) in [5.74, 6) is 0.833. The Hall–Kier alpha value is -1.43.